The topological polar surface area (TPSA) is 57.7 Å². The Hall–Kier alpha value is -1.55. The molecule has 0 spiro atoms. The van der Waals surface area contributed by atoms with E-state index in [2.05, 4.69) is 32.7 Å². The van der Waals surface area contributed by atoms with E-state index in [0.29, 0.717) is 11.4 Å². The molecule has 0 amide bonds. The summed E-state index contributed by atoms with van der Waals surface area (Å²) in [4.78, 5) is 2.10. The molecule has 2 rings (SSSR count). The zero-order valence-corrected chi connectivity index (χ0v) is 15.1. The molecule has 1 heterocycles. The number of benzene rings is 1. The van der Waals surface area contributed by atoms with Crippen LogP contribution in [0.1, 0.15) is 31.6 Å². The van der Waals surface area contributed by atoms with Gasteiger partial charge >= 0.3 is 0 Å². The third-order valence-electron chi connectivity index (χ3n) is 3.56. The Morgan fingerprint density at radius 1 is 1.30 bits per heavy atom. The normalized spacial score (nSPS) is 12.3. The minimum atomic E-state index is 0.131. The number of unbranched alkanes of at least 4 members (excludes halogenated alkanes) is 1. The molecule has 5 nitrogen and oxygen atoms in total. The summed E-state index contributed by atoms with van der Waals surface area (Å²) in [6, 6.07) is 9.97. The minimum absolute atomic E-state index is 0.131. The van der Waals surface area contributed by atoms with Crippen molar-refractivity contribution >= 4 is 23.4 Å². The van der Waals surface area contributed by atoms with E-state index in [1.807, 2.05) is 38.4 Å². The predicted octanol–water partition coefficient (Wildman–Crippen LogP) is 3.94. The van der Waals surface area contributed by atoms with Crippen LogP contribution in [0, 0.1) is 11.3 Å². The quantitative estimate of drug-likeness (QED) is 0.559. The van der Waals surface area contributed by atoms with Crippen LogP contribution in [0.2, 0.25) is 5.02 Å². The van der Waals surface area contributed by atoms with E-state index in [9.17, 15) is 0 Å². The molecule has 0 saturated carbocycles. The number of nitrogens with zero attached hydrogens (tertiary/aromatic N) is 5. The van der Waals surface area contributed by atoms with Gasteiger partial charge in [0.05, 0.1) is 12.1 Å². The summed E-state index contributed by atoms with van der Waals surface area (Å²) in [5, 5.41) is 18.9. The van der Waals surface area contributed by atoms with Gasteiger partial charge in [-0.05, 0) is 51.7 Å². The lowest BCUT2D eigenvalue weighted by molar-refractivity contribution is 0.305. The molecule has 0 aliphatic rings. The van der Waals surface area contributed by atoms with Gasteiger partial charge in [0, 0.05) is 22.9 Å². The van der Waals surface area contributed by atoms with E-state index in [0.717, 1.165) is 28.8 Å². The molecule has 1 aromatic heterocycles. The Labute approximate surface area is 146 Å². The average molecular weight is 350 g/mol. The van der Waals surface area contributed by atoms with Gasteiger partial charge in [0.15, 0.2) is 11.0 Å². The van der Waals surface area contributed by atoms with Crippen LogP contribution in [0.15, 0.2) is 29.4 Å². The second kappa shape index (κ2) is 8.34. The molecular formula is C16H20ClN5S. The van der Waals surface area contributed by atoms with Gasteiger partial charge in [-0.1, -0.05) is 23.4 Å². The third-order valence-corrected chi connectivity index (χ3v) is 4.82. The van der Waals surface area contributed by atoms with Crippen molar-refractivity contribution in [1.82, 2.24) is 19.7 Å². The zero-order valence-electron chi connectivity index (χ0n) is 13.5. The van der Waals surface area contributed by atoms with Crippen LogP contribution in [0.3, 0.4) is 0 Å². The maximum Gasteiger partial charge on any atom is 0.195 e. The van der Waals surface area contributed by atoms with Gasteiger partial charge in [0.25, 0.3) is 0 Å². The lowest BCUT2D eigenvalue weighted by atomic mass is 10.2. The molecule has 0 saturated heterocycles. The van der Waals surface area contributed by atoms with Crippen molar-refractivity contribution in [3.05, 3.63) is 35.1 Å². The molecule has 1 aromatic carbocycles. The number of thioether (sulfide) groups is 1. The van der Waals surface area contributed by atoms with Crippen molar-refractivity contribution < 1.29 is 0 Å². The highest BCUT2D eigenvalue weighted by Gasteiger charge is 2.20. The van der Waals surface area contributed by atoms with Gasteiger partial charge in [0.2, 0.25) is 0 Å². The van der Waals surface area contributed by atoms with E-state index in [1.54, 1.807) is 11.8 Å². The molecule has 0 N–H and O–H groups in total. The van der Waals surface area contributed by atoms with E-state index in [-0.39, 0.29) is 6.04 Å². The number of hydrogen-bond donors (Lipinski definition) is 0. The van der Waals surface area contributed by atoms with E-state index in [1.165, 1.54) is 0 Å². The molecule has 0 aliphatic carbocycles. The highest BCUT2D eigenvalue weighted by atomic mass is 35.5. The van der Waals surface area contributed by atoms with Crippen LogP contribution in [0.25, 0.3) is 5.69 Å². The maximum absolute atomic E-state index is 8.65. The lowest BCUT2D eigenvalue weighted by Gasteiger charge is -2.20. The summed E-state index contributed by atoms with van der Waals surface area (Å²) in [6.07, 6.45) is 1.40. The standard InChI is InChI=1S/C16H20ClN5S/c1-12(21(2)3)15-19-20-16(23-11-5-4-10-18)22(15)14-8-6-13(17)7-9-14/h6-9,12H,4-5,11H2,1-3H3/t12-/m0/s1. The van der Waals surface area contributed by atoms with Crippen molar-refractivity contribution in [2.45, 2.75) is 31.0 Å². The molecule has 1 atom stereocenters. The number of halogens is 1. The Morgan fingerprint density at radius 2 is 2.00 bits per heavy atom. The Balaban J connectivity index is 2.35. The van der Waals surface area contributed by atoms with E-state index < -0.39 is 0 Å². The Morgan fingerprint density at radius 3 is 2.61 bits per heavy atom. The van der Waals surface area contributed by atoms with Crippen LogP contribution >= 0.6 is 23.4 Å². The highest BCUT2D eigenvalue weighted by molar-refractivity contribution is 7.99. The van der Waals surface area contributed by atoms with Crippen molar-refractivity contribution in [3.63, 3.8) is 0 Å². The van der Waals surface area contributed by atoms with Crippen molar-refractivity contribution in [3.8, 4) is 11.8 Å². The fourth-order valence-electron chi connectivity index (χ4n) is 2.02. The number of hydrogen-bond acceptors (Lipinski definition) is 5. The van der Waals surface area contributed by atoms with Crippen molar-refractivity contribution in [1.29, 1.82) is 5.26 Å². The fourth-order valence-corrected chi connectivity index (χ4v) is 3.05. The zero-order chi connectivity index (χ0) is 16.8. The van der Waals surface area contributed by atoms with Crippen LogP contribution in [0.4, 0.5) is 0 Å². The van der Waals surface area contributed by atoms with Gasteiger partial charge < -0.3 is 0 Å². The summed E-state index contributed by atoms with van der Waals surface area (Å²) in [5.41, 5.74) is 0.992. The molecule has 7 heteroatoms. The molecule has 0 radical (unpaired) electrons. The molecule has 0 fully saturated rings. The first-order valence-corrected chi connectivity index (χ1v) is 8.78. The van der Waals surface area contributed by atoms with Crippen LogP contribution in [-0.2, 0) is 0 Å². The number of aromatic nitrogens is 3. The Bertz CT molecular complexity index is 675. The summed E-state index contributed by atoms with van der Waals surface area (Å²) >= 11 is 7.62. The number of nitriles is 1. The molecule has 122 valence electrons. The first-order valence-electron chi connectivity index (χ1n) is 7.42. The van der Waals surface area contributed by atoms with Crippen molar-refractivity contribution in [2.75, 3.05) is 19.8 Å². The van der Waals surface area contributed by atoms with E-state index >= 15 is 0 Å². The molecule has 0 aliphatic heterocycles. The van der Waals surface area contributed by atoms with Crippen LogP contribution in [-0.4, -0.2) is 39.5 Å². The van der Waals surface area contributed by atoms with Gasteiger partial charge in [0.1, 0.15) is 0 Å². The largest absolute Gasteiger partial charge is 0.300 e. The monoisotopic (exact) mass is 349 g/mol. The first kappa shape index (κ1) is 17.8. The second-order valence-corrected chi connectivity index (χ2v) is 6.90. The van der Waals surface area contributed by atoms with Gasteiger partial charge in [-0.15, -0.1) is 10.2 Å². The van der Waals surface area contributed by atoms with Gasteiger partial charge in [-0.25, -0.2) is 0 Å². The smallest absolute Gasteiger partial charge is 0.195 e. The van der Waals surface area contributed by atoms with Crippen LogP contribution in [0.5, 0.6) is 0 Å². The Kier molecular flexibility index (Phi) is 6.46. The third kappa shape index (κ3) is 4.47. The average Bonchev–Trinajstić information content (AvgIpc) is 2.95. The first-order chi connectivity index (χ1) is 11.0. The van der Waals surface area contributed by atoms with Gasteiger partial charge in [-0.2, -0.15) is 5.26 Å². The van der Waals surface area contributed by atoms with E-state index in [4.69, 9.17) is 16.9 Å². The van der Waals surface area contributed by atoms with Crippen LogP contribution < -0.4 is 0 Å². The molecular weight excluding hydrogens is 330 g/mol. The van der Waals surface area contributed by atoms with Gasteiger partial charge in [-0.3, -0.25) is 9.47 Å². The summed E-state index contributed by atoms with van der Waals surface area (Å²) in [6.45, 7) is 2.10. The summed E-state index contributed by atoms with van der Waals surface area (Å²) in [7, 11) is 4.04. The lowest BCUT2D eigenvalue weighted by Crippen LogP contribution is -2.20. The summed E-state index contributed by atoms with van der Waals surface area (Å²) < 4.78 is 2.07. The highest BCUT2D eigenvalue weighted by Crippen LogP contribution is 2.27. The minimum Gasteiger partial charge on any atom is -0.300 e. The fraction of sp³-hybridized carbons (Fsp3) is 0.438. The van der Waals surface area contributed by atoms with Crippen molar-refractivity contribution in [2.24, 2.45) is 0 Å². The maximum atomic E-state index is 8.65. The molecule has 23 heavy (non-hydrogen) atoms. The second-order valence-electron chi connectivity index (χ2n) is 5.40. The number of rotatable bonds is 7. The molecule has 2 aromatic rings. The molecule has 0 bridgehead atoms. The summed E-state index contributed by atoms with van der Waals surface area (Å²) in [5.74, 6) is 1.73. The molecule has 0 unspecified atom stereocenters. The predicted molar refractivity (Wildman–Crippen MR) is 94.0 cm³/mol. The SMILES string of the molecule is C[C@@H](c1nnc(SCCCC#N)n1-c1ccc(Cl)cc1)N(C)C.